The van der Waals surface area contributed by atoms with Crippen LogP contribution in [0.5, 0.6) is 5.75 Å². The summed E-state index contributed by atoms with van der Waals surface area (Å²) in [5.74, 6) is -0.277. The summed E-state index contributed by atoms with van der Waals surface area (Å²) < 4.78 is 38.2. The summed E-state index contributed by atoms with van der Waals surface area (Å²) in [6, 6.07) is 11.5. The molecule has 14 nitrogen and oxygen atoms in total. The van der Waals surface area contributed by atoms with E-state index in [4.69, 9.17) is 24.3 Å². The number of esters is 1. The summed E-state index contributed by atoms with van der Waals surface area (Å²) in [4.78, 5) is 24.6. The van der Waals surface area contributed by atoms with Crippen molar-refractivity contribution in [2.45, 2.75) is 50.8 Å². The second-order valence-electron chi connectivity index (χ2n) is 9.75. The Labute approximate surface area is 235 Å². The van der Waals surface area contributed by atoms with Crippen molar-refractivity contribution in [3.05, 3.63) is 55.1 Å². The van der Waals surface area contributed by atoms with Crippen LogP contribution in [0.3, 0.4) is 0 Å². The molecule has 1 aliphatic heterocycles. The largest absolute Gasteiger partial charge is 0.465 e. The van der Waals surface area contributed by atoms with Crippen LogP contribution < -0.4 is 15.3 Å². The molecule has 5 N–H and O–H groups in total. The van der Waals surface area contributed by atoms with Gasteiger partial charge in [-0.15, -0.1) is 0 Å². The van der Waals surface area contributed by atoms with Gasteiger partial charge in [0, 0.05) is 5.39 Å². The molecule has 1 aliphatic rings. The zero-order chi connectivity index (χ0) is 29.4. The minimum Gasteiger partial charge on any atom is -0.465 e. The lowest BCUT2D eigenvalue weighted by molar-refractivity contribution is -0.144. The van der Waals surface area contributed by atoms with Crippen LogP contribution in [0.15, 0.2) is 55.1 Å². The summed E-state index contributed by atoms with van der Waals surface area (Å²) in [7, 11) is -4.31. The molecule has 2 aromatic carbocycles. The van der Waals surface area contributed by atoms with E-state index >= 15 is 0 Å². The minimum absolute atomic E-state index is 0.123. The Morgan fingerprint density at radius 1 is 1.24 bits per heavy atom. The van der Waals surface area contributed by atoms with Crippen molar-refractivity contribution in [1.82, 2.24) is 24.6 Å². The van der Waals surface area contributed by atoms with E-state index in [1.165, 1.54) is 31.1 Å². The fourth-order valence-electron chi connectivity index (χ4n) is 4.64. The van der Waals surface area contributed by atoms with Crippen LogP contribution in [-0.4, -0.2) is 72.8 Å². The third-order valence-corrected chi connectivity index (χ3v) is 8.39. The number of ether oxygens (including phenoxy) is 2. The molecule has 0 bridgehead atoms. The van der Waals surface area contributed by atoms with E-state index in [0.717, 1.165) is 5.39 Å². The number of rotatable bonds is 10. The molecule has 3 unspecified atom stereocenters. The maximum absolute atomic E-state index is 14.1. The summed E-state index contributed by atoms with van der Waals surface area (Å²) in [6.07, 6.45) is -1.21. The number of hydrogen-bond acceptors (Lipinski definition) is 12. The lowest BCUT2D eigenvalue weighted by atomic mass is 9.96. The maximum atomic E-state index is 14.1. The van der Waals surface area contributed by atoms with Crippen LogP contribution in [0.25, 0.3) is 21.9 Å². The number of aromatic nitrogens is 4. The fraction of sp³-hybridized carbons (Fsp3) is 0.385. The number of fused-ring (bicyclic) bond motifs is 2. The zero-order valence-electron chi connectivity index (χ0n) is 22.6. The van der Waals surface area contributed by atoms with Gasteiger partial charge in [-0.2, -0.15) is 5.09 Å². The molecule has 3 heterocycles. The molecule has 5 rings (SSSR count). The molecule has 0 radical (unpaired) electrons. The number of imidazole rings is 1. The molecular weight excluding hydrogens is 555 g/mol. The third-order valence-electron chi connectivity index (χ3n) is 6.76. The van der Waals surface area contributed by atoms with E-state index in [9.17, 15) is 19.6 Å². The molecule has 0 amide bonds. The predicted octanol–water partition coefficient (Wildman–Crippen LogP) is 2.32. The summed E-state index contributed by atoms with van der Waals surface area (Å²) in [6.45, 7) is 4.13. The van der Waals surface area contributed by atoms with Crippen LogP contribution in [0.2, 0.25) is 0 Å². The Hall–Kier alpha value is -3.65. The first-order chi connectivity index (χ1) is 19.5. The number of nitrogens with one attached hydrogen (secondary N) is 1. The van der Waals surface area contributed by atoms with Crippen molar-refractivity contribution >= 4 is 41.5 Å². The first-order valence-electron chi connectivity index (χ1n) is 12.9. The van der Waals surface area contributed by atoms with Crippen molar-refractivity contribution in [2.24, 2.45) is 0 Å². The van der Waals surface area contributed by atoms with E-state index in [1.807, 2.05) is 18.2 Å². The SMILES string of the molecule is CCOC(=O)[C@H](C)NP(=O)(OC[C@H]1O[C@@H](n2cnc3c(N)ncnc32)C(C)(O)C1O)Oc1cccc2ccccc12. The van der Waals surface area contributed by atoms with Crippen molar-refractivity contribution in [1.29, 1.82) is 0 Å². The Morgan fingerprint density at radius 2 is 2.00 bits per heavy atom. The number of nitrogens with zero attached hydrogens (tertiary/aromatic N) is 4. The highest BCUT2D eigenvalue weighted by molar-refractivity contribution is 7.52. The van der Waals surface area contributed by atoms with E-state index in [0.29, 0.717) is 10.9 Å². The van der Waals surface area contributed by atoms with Crippen LogP contribution in [0.1, 0.15) is 27.0 Å². The smallest absolute Gasteiger partial charge is 0.459 e. The van der Waals surface area contributed by atoms with Crippen molar-refractivity contribution in [3.63, 3.8) is 0 Å². The van der Waals surface area contributed by atoms with Crippen LogP contribution >= 0.6 is 7.75 Å². The number of aliphatic hydroxyl groups excluding tert-OH is 1. The summed E-state index contributed by atoms with van der Waals surface area (Å²) >= 11 is 0. The molecular formula is C26H31N6O8P. The van der Waals surface area contributed by atoms with Gasteiger partial charge in [-0.3, -0.25) is 13.9 Å². The molecule has 41 heavy (non-hydrogen) atoms. The van der Waals surface area contributed by atoms with Gasteiger partial charge < -0.3 is 29.9 Å². The molecule has 0 spiro atoms. The van der Waals surface area contributed by atoms with Crippen molar-refractivity contribution < 1.29 is 38.1 Å². The highest BCUT2D eigenvalue weighted by Gasteiger charge is 2.54. The summed E-state index contributed by atoms with van der Waals surface area (Å²) in [5, 5.41) is 26.3. The number of hydrogen-bond donors (Lipinski definition) is 4. The fourth-order valence-corrected chi connectivity index (χ4v) is 6.16. The number of anilines is 1. The standard InChI is InChI=1S/C26H31N6O8P/c1-4-37-24(34)15(2)31-41(36,40-18-11-7-9-16-8-5-6-10-17(16)18)38-12-19-21(33)26(3,35)25(39-19)32-14-30-20-22(27)28-13-29-23(20)32/h5-11,13-15,19,21,25,33,35H,4,12H2,1-3H3,(H,31,36)(H2,27,28,29)/t15-,19+,21?,25+,26?,41?/m0/s1. The van der Waals surface area contributed by atoms with E-state index in [-0.39, 0.29) is 23.8 Å². The molecule has 218 valence electrons. The van der Waals surface area contributed by atoms with Gasteiger partial charge in [0.1, 0.15) is 41.4 Å². The highest BCUT2D eigenvalue weighted by atomic mass is 31.2. The van der Waals surface area contributed by atoms with E-state index in [1.54, 1.807) is 31.2 Å². The van der Waals surface area contributed by atoms with Gasteiger partial charge in [0.25, 0.3) is 0 Å². The maximum Gasteiger partial charge on any atom is 0.459 e. The first kappa shape index (κ1) is 28.9. The lowest BCUT2D eigenvalue weighted by Crippen LogP contribution is -2.44. The van der Waals surface area contributed by atoms with Gasteiger partial charge in [0.05, 0.1) is 19.5 Å². The Bertz CT molecular complexity index is 1610. The zero-order valence-corrected chi connectivity index (χ0v) is 23.5. The number of carbonyl (C=O) groups is 1. The molecule has 6 atom stereocenters. The van der Waals surface area contributed by atoms with Gasteiger partial charge in [-0.25, -0.2) is 19.5 Å². The van der Waals surface area contributed by atoms with Crippen LogP contribution in [-0.2, 0) is 23.4 Å². The normalized spacial score (nSPS) is 24.8. The molecule has 0 saturated carbocycles. The molecule has 1 fully saturated rings. The molecule has 15 heteroatoms. The average molecular weight is 587 g/mol. The first-order valence-corrected chi connectivity index (χ1v) is 14.4. The second-order valence-corrected chi connectivity index (χ2v) is 11.4. The Balaban J connectivity index is 1.40. The Morgan fingerprint density at radius 3 is 2.78 bits per heavy atom. The van der Waals surface area contributed by atoms with Crippen molar-refractivity contribution in [2.75, 3.05) is 18.9 Å². The van der Waals surface area contributed by atoms with Crippen LogP contribution in [0.4, 0.5) is 5.82 Å². The number of aliphatic hydroxyl groups is 2. The number of benzene rings is 2. The van der Waals surface area contributed by atoms with Gasteiger partial charge in [0.15, 0.2) is 17.7 Å². The number of nitrogens with two attached hydrogens (primary N) is 1. The van der Waals surface area contributed by atoms with Crippen molar-refractivity contribution in [3.8, 4) is 5.75 Å². The van der Waals surface area contributed by atoms with Gasteiger partial charge in [0.2, 0.25) is 0 Å². The highest BCUT2D eigenvalue weighted by Crippen LogP contribution is 2.48. The van der Waals surface area contributed by atoms with Crippen LogP contribution in [0, 0.1) is 0 Å². The Kier molecular flexibility index (Phi) is 7.97. The van der Waals surface area contributed by atoms with E-state index in [2.05, 4.69) is 20.0 Å². The molecule has 2 aromatic heterocycles. The number of carbonyl (C=O) groups excluding carboxylic acids is 1. The van der Waals surface area contributed by atoms with E-state index < -0.39 is 50.4 Å². The number of nitrogen functional groups attached to an aromatic ring is 1. The van der Waals surface area contributed by atoms with Gasteiger partial charge >= 0.3 is 13.7 Å². The quantitative estimate of drug-likeness (QED) is 0.156. The second kappa shape index (κ2) is 11.3. The molecule has 0 aliphatic carbocycles. The van der Waals surface area contributed by atoms with Gasteiger partial charge in [-0.05, 0) is 32.2 Å². The molecule has 4 aromatic rings. The predicted molar refractivity (Wildman–Crippen MR) is 148 cm³/mol. The molecule has 1 saturated heterocycles. The summed E-state index contributed by atoms with van der Waals surface area (Å²) in [5.41, 5.74) is 4.62. The minimum atomic E-state index is -4.31. The monoisotopic (exact) mass is 586 g/mol. The third kappa shape index (κ3) is 5.62. The average Bonchev–Trinajstić information content (AvgIpc) is 3.47. The topological polar surface area (TPSA) is 193 Å². The van der Waals surface area contributed by atoms with Gasteiger partial charge in [-0.1, -0.05) is 36.4 Å². The lowest BCUT2D eigenvalue weighted by Gasteiger charge is -2.27.